The monoisotopic (exact) mass is 419 g/mol. The van der Waals surface area contributed by atoms with Crippen molar-refractivity contribution >= 4 is 34.5 Å². The third-order valence-corrected chi connectivity index (χ3v) is 5.48. The van der Waals surface area contributed by atoms with Crippen LogP contribution in [0.3, 0.4) is 0 Å². The van der Waals surface area contributed by atoms with Crippen LogP contribution < -0.4 is 14.8 Å². The minimum absolute atomic E-state index is 0.213. The Balaban J connectivity index is 1.28. The van der Waals surface area contributed by atoms with E-state index >= 15 is 0 Å². The molecule has 5 nitrogen and oxygen atoms in total. The van der Waals surface area contributed by atoms with Crippen molar-refractivity contribution in [2.24, 2.45) is 0 Å². The summed E-state index contributed by atoms with van der Waals surface area (Å²) in [5, 5.41) is 2.40. The average Bonchev–Trinajstić information content (AvgIpc) is 3.00. The largest absolute Gasteiger partial charge is 0.494 e. The summed E-state index contributed by atoms with van der Waals surface area (Å²) < 4.78 is 11.4. The van der Waals surface area contributed by atoms with Gasteiger partial charge in [0.25, 0.3) is 5.24 Å². The molecule has 0 radical (unpaired) electrons. The van der Waals surface area contributed by atoms with Crippen molar-refractivity contribution in [1.82, 2.24) is 5.32 Å². The van der Waals surface area contributed by atoms with E-state index in [1.165, 1.54) is 0 Å². The molecule has 0 saturated carbocycles. The Morgan fingerprint density at radius 2 is 1.43 bits per heavy atom. The Kier molecular flexibility index (Phi) is 7.62. The van der Waals surface area contributed by atoms with Crippen molar-refractivity contribution in [3.8, 4) is 11.5 Å². The smallest absolute Gasteiger partial charge is 0.286 e. The van der Waals surface area contributed by atoms with Crippen LogP contribution in [0.25, 0.3) is 0 Å². The van der Waals surface area contributed by atoms with Gasteiger partial charge in [0.1, 0.15) is 11.5 Å². The van der Waals surface area contributed by atoms with Crippen LogP contribution in [0.5, 0.6) is 11.5 Å². The highest BCUT2D eigenvalue weighted by Crippen LogP contribution is 2.24. The van der Waals surface area contributed by atoms with E-state index in [9.17, 15) is 9.59 Å². The molecule has 1 atom stereocenters. The van der Waals surface area contributed by atoms with Gasteiger partial charge in [0, 0.05) is 5.02 Å². The molecule has 1 N–H and O–H groups in total. The Labute approximate surface area is 173 Å². The van der Waals surface area contributed by atoms with Gasteiger partial charge in [-0.3, -0.25) is 14.9 Å². The molecule has 148 valence electrons. The van der Waals surface area contributed by atoms with E-state index in [4.69, 9.17) is 21.1 Å². The van der Waals surface area contributed by atoms with Crippen molar-refractivity contribution in [3.63, 3.8) is 0 Å². The molecule has 2 amide bonds. The minimum atomic E-state index is -0.339. The Morgan fingerprint density at radius 3 is 1.96 bits per heavy atom. The molecular formula is C21H22ClNO4S. The lowest BCUT2D eigenvalue weighted by atomic mass is 10.1. The highest BCUT2D eigenvalue weighted by molar-refractivity contribution is 8.15. The molecule has 1 aliphatic heterocycles. The average molecular weight is 420 g/mol. The minimum Gasteiger partial charge on any atom is -0.494 e. The second kappa shape index (κ2) is 10.4. The Bertz CT molecular complexity index is 795. The summed E-state index contributed by atoms with van der Waals surface area (Å²) in [6.07, 6.45) is 3.47. The molecule has 1 fully saturated rings. The Hall–Kier alpha value is -2.18. The number of nitrogens with one attached hydrogen (secondary N) is 1. The highest BCUT2D eigenvalue weighted by Gasteiger charge is 2.31. The van der Waals surface area contributed by atoms with Crippen LogP contribution in [0.4, 0.5) is 4.79 Å². The lowest BCUT2D eigenvalue weighted by Crippen LogP contribution is -2.25. The van der Waals surface area contributed by atoms with E-state index in [0.29, 0.717) is 24.7 Å². The third kappa shape index (κ3) is 6.46. The molecular weight excluding hydrogens is 398 g/mol. The Morgan fingerprint density at radius 1 is 0.857 bits per heavy atom. The van der Waals surface area contributed by atoms with Crippen LogP contribution in [0.15, 0.2) is 48.5 Å². The normalized spacial score (nSPS) is 16.1. The number of thioether (sulfide) groups is 1. The molecule has 1 heterocycles. The van der Waals surface area contributed by atoms with E-state index in [-0.39, 0.29) is 16.4 Å². The molecule has 0 bridgehead atoms. The van der Waals surface area contributed by atoms with Gasteiger partial charge < -0.3 is 9.47 Å². The predicted molar refractivity (Wildman–Crippen MR) is 111 cm³/mol. The molecule has 2 aromatic rings. The fraction of sp³-hybridized carbons (Fsp3) is 0.333. The summed E-state index contributed by atoms with van der Waals surface area (Å²) in [5.74, 6) is 1.43. The first-order chi connectivity index (χ1) is 13.6. The number of rotatable bonds is 10. The number of carbonyl (C=O) groups excluding carboxylic acids is 2. The van der Waals surface area contributed by atoms with E-state index in [0.717, 1.165) is 48.1 Å². The van der Waals surface area contributed by atoms with Crippen molar-refractivity contribution < 1.29 is 19.1 Å². The number of ether oxygens (including phenoxy) is 2. The van der Waals surface area contributed by atoms with Gasteiger partial charge in [0.15, 0.2) is 0 Å². The summed E-state index contributed by atoms with van der Waals surface area (Å²) in [6.45, 7) is 1.32. The zero-order valence-corrected chi connectivity index (χ0v) is 16.9. The number of amides is 2. The fourth-order valence-corrected chi connectivity index (χ4v) is 3.74. The first-order valence-electron chi connectivity index (χ1n) is 9.22. The lowest BCUT2D eigenvalue weighted by molar-refractivity contribution is -0.118. The van der Waals surface area contributed by atoms with Gasteiger partial charge in [-0.1, -0.05) is 35.5 Å². The van der Waals surface area contributed by atoms with Gasteiger partial charge in [-0.25, -0.2) is 0 Å². The SMILES string of the molecule is O=C1NC(=O)C(Cc2ccc(OCCCCCOc3ccc(Cl)cc3)cc2)S1. The van der Waals surface area contributed by atoms with E-state index in [1.807, 2.05) is 48.5 Å². The molecule has 3 rings (SSSR count). The van der Waals surface area contributed by atoms with Crippen molar-refractivity contribution in [3.05, 3.63) is 59.1 Å². The maximum Gasteiger partial charge on any atom is 0.286 e. The van der Waals surface area contributed by atoms with E-state index in [1.54, 1.807) is 0 Å². The zero-order valence-electron chi connectivity index (χ0n) is 15.4. The molecule has 0 aliphatic carbocycles. The molecule has 7 heteroatoms. The summed E-state index contributed by atoms with van der Waals surface area (Å²) in [4.78, 5) is 22.8. The molecule has 1 saturated heterocycles. The summed E-state index contributed by atoms with van der Waals surface area (Å²) in [5.41, 5.74) is 1.01. The number of benzene rings is 2. The van der Waals surface area contributed by atoms with Crippen LogP contribution in [0, 0.1) is 0 Å². The van der Waals surface area contributed by atoms with Gasteiger partial charge in [-0.05, 0) is 67.6 Å². The molecule has 1 unspecified atom stereocenters. The molecule has 0 spiro atoms. The van der Waals surface area contributed by atoms with Gasteiger partial charge in [0.2, 0.25) is 5.91 Å². The number of halogens is 1. The van der Waals surface area contributed by atoms with Gasteiger partial charge in [0.05, 0.1) is 18.5 Å². The number of imide groups is 1. The number of hydrogen-bond donors (Lipinski definition) is 1. The van der Waals surface area contributed by atoms with Gasteiger partial charge in [-0.15, -0.1) is 0 Å². The second-order valence-electron chi connectivity index (χ2n) is 6.44. The predicted octanol–water partition coefficient (Wildman–Crippen LogP) is 4.86. The standard InChI is InChI=1S/C21H22ClNO4S/c22-16-6-10-18(11-7-16)27-13-3-1-2-12-26-17-8-4-15(5-9-17)14-19-20(24)23-21(25)28-19/h4-11,19H,1-3,12-14H2,(H,23,24,25). The van der Waals surface area contributed by atoms with Crippen molar-refractivity contribution in [2.45, 2.75) is 30.9 Å². The van der Waals surface area contributed by atoms with Gasteiger partial charge >= 0.3 is 0 Å². The molecule has 1 aliphatic rings. The van der Waals surface area contributed by atoms with Gasteiger partial charge in [-0.2, -0.15) is 0 Å². The first kappa shape index (κ1) is 20.6. The summed E-state index contributed by atoms with van der Waals surface area (Å²) in [6, 6.07) is 15.0. The highest BCUT2D eigenvalue weighted by atomic mass is 35.5. The number of hydrogen-bond acceptors (Lipinski definition) is 5. The van der Waals surface area contributed by atoms with Crippen LogP contribution in [-0.2, 0) is 11.2 Å². The molecule has 28 heavy (non-hydrogen) atoms. The van der Waals surface area contributed by atoms with Crippen LogP contribution in [0.2, 0.25) is 5.02 Å². The van der Waals surface area contributed by atoms with E-state index < -0.39 is 0 Å². The first-order valence-corrected chi connectivity index (χ1v) is 10.5. The quantitative estimate of drug-likeness (QED) is 0.557. The van der Waals surface area contributed by atoms with Crippen LogP contribution in [-0.4, -0.2) is 29.6 Å². The van der Waals surface area contributed by atoms with E-state index in [2.05, 4.69) is 5.32 Å². The second-order valence-corrected chi connectivity index (χ2v) is 8.05. The van der Waals surface area contributed by atoms with Crippen LogP contribution in [0.1, 0.15) is 24.8 Å². The third-order valence-electron chi connectivity index (χ3n) is 4.25. The summed E-state index contributed by atoms with van der Waals surface area (Å²) in [7, 11) is 0. The van der Waals surface area contributed by atoms with Crippen LogP contribution >= 0.6 is 23.4 Å². The topological polar surface area (TPSA) is 64.6 Å². The van der Waals surface area contributed by atoms with Crippen molar-refractivity contribution in [2.75, 3.05) is 13.2 Å². The zero-order chi connectivity index (χ0) is 19.8. The lowest BCUT2D eigenvalue weighted by Gasteiger charge is -2.09. The van der Waals surface area contributed by atoms with Crippen molar-refractivity contribution in [1.29, 1.82) is 0 Å². The summed E-state index contributed by atoms with van der Waals surface area (Å²) >= 11 is 6.89. The number of carbonyl (C=O) groups is 2. The number of unbranched alkanes of at least 4 members (excludes halogenated alkanes) is 2. The maximum atomic E-state index is 11.6. The molecule has 0 aromatic heterocycles. The maximum absolute atomic E-state index is 11.6. The molecule has 2 aromatic carbocycles. The fourth-order valence-electron chi connectivity index (χ4n) is 2.76.